The largest absolute Gasteiger partial charge is 0.330 e. The Hall–Kier alpha value is -0.820. The predicted octanol–water partition coefficient (Wildman–Crippen LogP) is 3.26. The average Bonchev–Trinajstić information content (AvgIpc) is 2.72. The van der Waals surface area contributed by atoms with Crippen LogP contribution in [0.25, 0.3) is 0 Å². The minimum absolute atomic E-state index is 0.547. The molecule has 1 aliphatic carbocycles. The van der Waals surface area contributed by atoms with Gasteiger partial charge in [0, 0.05) is 0 Å². The fourth-order valence-corrected chi connectivity index (χ4v) is 2.78. The second-order valence-electron chi connectivity index (χ2n) is 5.44. The standard InChI is InChI=1S/C15H23N/c1-11(2)8-15(10-16)14-7-6-12-4-3-5-13(12)9-14/h6-7,9,11,15H,3-5,8,10,16H2,1-2H3. The van der Waals surface area contributed by atoms with Crippen LogP contribution in [0.2, 0.25) is 0 Å². The van der Waals surface area contributed by atoms with Crippen LogP contribution in [0.3, 0.4) is 0 Å². The predicted molar refractivity (Wildman–Crippen MR) is 69.7 cm³/mol. The third kappa shape index (κ3) is 2.46. The van der Waals surface area contributed by atoms with Crippen molar-refractivity contribution in [2.24, 2.45) is 11.7 Å². The minimum Gasteiger partial charge on any atom is -0.330 e. The molecule has 1 atom stereocenters. The number of rotatable bonds is 4. The van der Waals surface area contributed by atoms with Gasteiger partial charge in [0.05, 0.1) is 0 Å². The molecular weight excluding hydrogens is 194 g/mol. The first-order valence-electron chi connectivity index (χ1n) is 6.52. The molecule has 0 radical (unpaired) electrons. The van der Waals surface area contributed by atoms with Crippen molar-refractivity contribution >= 4 is 0 Å². The number of hydrogen-bond donors (Lipinski definition) is 1. The molecule has 0 fully saturated rings. The fraction of sp³-hybridized carbons (Fsp3) is 0.600. The van der Waals surface area contributed by atoms with E-state index in [0.717, 1.165) is 12.5 Å². The van der Waals surface area contributed by atoms with E-state index in [4.69, 9.17) is 5.73 Å². The first-order chi connectivity index (χ1) is 7.70. The smallest absolute Gasteiger partial charge is 0.000814 e. The van der Waals surface area contributed by atoms with Crippen LogP contribution < -0.4 is 5.73 Å². The lowest BCUT2D eigenvalue weighted by molar-refractivity contribution is 0.504. The van der Waals surface area contributed by atoms with Gasteiger partial charge in [0.1, 0.15) is 0 Å². The maximum absolute atomic E-state index is 5.90. The van der Waals surface area contributed by atoms with Crippen molar-refractivity contribution in [1.29, 1.82) is 0 Å². The number of aryl methyl sites for hydroxylation is 2. The molecule has 1 aliphatic rings. The highest BCUT2D eigenvalue weighted by atomic mass is 14.5. The first-order valence-corrected chi connectivity index (χ1v) is 6.52. The van der Waals surface area contributed by atoms with E-state index >= 15 is 0 Å². The van der Waals surface area contributed by atoms with Gasteiger partial charge in [-0.25, -0.2) is 0 Å². The van der Waals surface area contributed by atoms with Crippen molar-refractivity contribution in [3.8, 4) is 0 Å². The monoisotopic (exact) mass is 217 g/mol. The number of benzene rings is 1. The molecule has 2 rings (SSSR count). The summed E-state index contributed by atoms with van der Waals surface area (Å²) in [5.41, 5.74) is 10.5. The Labute approximate surface area is 99.0 Å². The molecule has 1 aromatic rings. The number of nitrogens with two attached hydrogens (primary N) is 1. The lowest BCUT2D eigenvalue weighted by atomic mass is 9.89. The van der Waals surface area contributed by atoms with Gasteiger partial charge in [0.2, 0.25) is 0 Å². The molecule has 0 amide bonds. The average molecular weight is 217 g/mol. The van der Waals surface area contributed by atoms with E-state index in [-0.39, 0.29) is 0 Å². The highest BCUT2D eigenvalue weighted by molar-refractivity contribution is 5.36. The van der Waals surface area contributed by atoms with E-state index in [1.165, 1.54) is 31.2 Å². The quantitative estimate of drug-likeness (QED) is 0.823. The molecular formula is C15H23N. The van der Waals surface area contributed by atoms with Crippen LogP contribution in [0.4, 0.5) is 0 Å². The van der Waals surface area contributed by atoms with Crippen LogP contribution in [-0.2, 0) is 12.8 Å². The molecule has 0 saturated carbocycles. The molecule has 88 valence electrons. The Bertz CT molecular complexity index is 354. The molecule has 0 bridgehead atoms. The summed E-state index contributed by atoms with van der Waals surface area (Å²) < 4.78 is 0. The molecule has 2 N–H and O–H groups in total. The molecule has 0 aliphatic heterocycles. The van der Waals surface area contributed by atoms with Gasteiger partial charge in [-0.2, -0.15) is 0 Å². The van der Waals surface area contributed by atoms with Crippen LogP contribution in [0.1, 0.15) is 49.3 Å². The third-order valence-corrected chi connectivity index (χ3v) is 3.63. The number of hydrogen-bond acceptors (Lipinski definition) is 1. The van der Waals surface area contributed by atoms with Gasteiger partial charge in [-0.3, -0.25) is 0 Å². The van der Waals surface area contributed by atoms with Crippen LogP contribution in [-0.4, -0.2) is 6.54 Å². The molecule has 16 heavy (non-hydrogen) atoms. The third-order valence-electron chi connectivity index (χ3n) is 3.63. The lowest BCUT2D eigenvalue weighted by Crippen LogP contribution is -2.14. The van der Waals surface area contributed by atoms with Gasteiger partial charge in [-0.1, -0.05) is 32.0 Å². The summed E-state index contributed by atoms with van der Waals surface area (Å²) >= 11 is 0. The molecule has 1 heteroatoms. The molecule has 1 aromatic carbocycles. The van der Waals surface area contributed by atoms with Crippen molar-refractivity contribution in [3.63, 3.8) is 0 Å². The highest BCUT2D eigenvalue weighted by Crippen LogP contribution is 2.28. The van der Waals surface area contributed by atoms with E-state index in [1.807, 2.05) is 0 Å². The zero-order valence-electron chi connectivity index (χ0n) is 10.5. The van der Waals surface area contributed by atoms with Gasteiger partial charge in [0.15, 0.2) is 0 Å². The second-order valence-corrected chi connectivity index (χ2v) is 5.44. The topological polar surface area (TPSA) is 26.0 Å². The van der Waals surface area contributed by atoms with Crippen LogP contribution in [0.15, 0.2) is 18.2 Å². The van der Waals surface area contributed by atoms with Crippen molar-refractivity contribution in [1.82, 2.24) is 0 Å². The molecule has 0 saturated heterocycles. The van der Waals surface area contributed by atoms with Crippen molar-refractivity contribution in [3.05, 3.63) is 34.9 Å². The summed E-state index contributed by atoms with van der Waals surface area (Å²) in [6.07, 6.45) is 5.07. The van der Waals surface area contributed by atoms with E-state index in [9.17, 15) is 0 Å². The summed E-state index contributed by atoms with van der Waals surface area (Å²) in [5.74, 6) is 1.27. The Morgan fingerprint density at radius 2 is 1.94 bits per heavy atom. The summed E-state index contributed by atoms with van der Waals surface area (Å²) in [6.45, 7) is 5.32. The maximum Gasteiger partial charge on any atom is -0.000814 e. The van der Waals surface area contributed by atoms with Crippen molar-refractivity contribution in [2.75, 3.05) is 6.54 Å². The normalized spacial score (nSPS) is 16.5. The van der Waals surface area contributed by atoms with Gasteiger partial charge < -0.3 is 5.73 Å². The maximum atomic E-state index is 5.90. The summed E-state index contributed by atoms with van der Waals surface area (Å²) in [7, 11) is 0. The molecule has 0 aromatic heterocycles. The minimum atomic E-state index is 0.547. The SMILES string of the molecule is CC(C)CC(CN)c1ccc2c(c1)CCC2. The Morgan fingerprint density at radius 3 is 2.62 bits per heavy atom. The van der Waals surface area contributed by atoms with E-state index in [2.05, 4.69) is 32.0 Å². The first kappa shape index (κ1) is 11.7. The van der Waals surface area contributed by atoms with Crippen LogP contribution in [0, 0.1) is 5.92 Å². The Balaban J connectivity index is 2.18. The van der Waals surface area contributed by atoms with E-state index in [0.29, 0.717) is 5.92 Å². The Kier molecular flexibility index (Phi) is 3.65. The fourth-order valence-electron chi connectivity index (χ4n) is 2.78. The van der Waals surface area contributed by atoms with Gasteiger partial charge in [-0.15, -0.1) is 0 Å². The zero-order valence-corrected chi connectivity index (χ0v) is 10.5. The second kappa shape index (κ2) is 5.01. The van der Waals surface area contributed by atoms with E-state index in [1.54, 1.807) is 11.1 Å². The van der Waals surface area contributed by atoms with E-state index < -0.39 is 0 Å². The van der Waals surface area contributed by atoms with Crippen molar-refractivity contribution < 1.29 is 0 Å². The van der Waals surface area contributed by atoms with Crippen molar-refractivity contribution in [2.45, 2.75) is 45.4 Å². The van der Waals surface area contributed by atoms with Gasteiger partial charge in [0.25, 0.3) is 0 Å². The highest BCUT2D eigenvalue weighted by Gasteiger charge is 2.16. The lowest BCUT2D eigenvalue weighted by Gasteiger charge is -2.18. The van der Waals surface area contributed by atoms with Crippen LogP contribution in [0.5, 0.6) is 0 Å². The zero-order chi connectivity index (χ0) is 11.5. The van der Waals surface area contributed by atoms with Crippen LogP contribution >= 0.6 is 0 Å². The molecule has 0 heterocycles. The molecule has 0 spiro atoms. The molecule has 1 nitrogen and oxygen atoms in total. The molecule has 1 unspecified atom stereocenters. The Morgan fingerprint density at radius 1 is 1.19 bits per heavy atom. The summed E-state index contributed by atoms with van der Waals surface area (Å²) in [4.78, 5) is 0. The number of fused-ring (bicyclic) bond motifs is 1. The summed E-state index contributed by atoms with van der Waals surface area (Å²) in [5, 5.41) is 0. The van der Waals surface area contributed by atoms with Gasteiger partial charge in [-0.05, 0) is 60.8 Å². The van der Waals surface area contributed by atoms with Gasteiger partial charge >= 0.3 is 0 Å². The summed E-state index contributed by atoms with van der Waals surface area (Å²) in [6, 6.07) is 7.02.